The van der Waals surface area contributed by atoms with Crippen LogP contribution in [0.4, 0.5) is 0 Å². The van der Waals surface area contributed by atoms with Crippen molar-refractivity contribution in [2.45, 2.75) is 26.8 Å². The van der Waals surface area contributed by atoms with Gasteiger partial charge in [0, 0.05) is 30.1 Å². The molecule has 0 N–H and O–H groups in total. The Hall–Kier alpha value is -2.10. The van der Waals surface area contributed by atoms with Gasteiger partial charge in [-0.1, -0.05) is 0 Å². The van der Waals surface area contributed by atoms with E-state index < -0.39 is 0 Å². The third-order valence-electron chi connectivity index (χ3n) is 3.12. The number of hydrogen-bond acceptors (Lipinski definition) is 3. The van der Waals surface area contributed by atoms with Gasteiger partial charge in [-0.15, -0.1) is 0 Å². The summed E-state index contributed by atoms with van der Waals surface area (Å²) >= 11 is 0. The molecular formula is C15H17NO3. The molecule has 0 bridgehead atoms. The molecule has 1 aliphatic rings. The highest BCUT2D eigenvalue weighted by atomic mass is 16.5. The zero-order chi connectivity index (χ0) is 13.8. The van der Waals surface area contributed by atoms with E-state index in [0.29, 0.717) is 19.5 Å². The number of hydrogen-bond donors (Lipinski definition) is 0. The molecule has 0 unspecified atom stereocenters. The Balaban J connectivity index is 0.000000232. The molecule has 4 heteroatoms. The Bertz CT molecular complexity index is 613. The minimum Gasteiger partial charge on any atom is -0.468 e. The molecule has 0 fully saturated rings. The highest BCUT2D eigenvalue weighted by Crippen LogP contribution is 2.27. The molecule has 19 heavy (non-hydrogen) atoms. The quantitative estimate of drug-likeness (QED) is 0.779. The molecule has 2 aromatic rings. The van der Waals surface area contributed by atoms with E-state index in [1.165, 1.54) is 10.9 Å². The Labute approximate surface area is 112 Å². The standard InChI is InChI=1S/C12H11NO.C3H6O2/c1-8-6-9-2-4-13-5-3-11(14)10(7-8)12(9)13;1-2-5-3-4/h2,4,6-7H,3,5H2,1H3;3H,2H2,1H3. The second kappa shape index (κ2) is 5.69. The average molecular weight is 259 g/mol. The van der Waals surface area contributed by atoms with Crippen molar-refractivity contribution in [1.82, 2.24) is 4.57 Å². The Kier molecular flexibility index (Phi) is 4.00. The number of ether oxygens (including phenoxy) is 1. The number of nitrogens with zero attached hydrogens (tertiary/aromatic N) is 1. The minimum absolute atomic E-state index is 0.282. The maximum atomic E-state index is 11.7. The number of aryl methyl sites for hydroxylation is 2. The number of Topliss-reactive ketones (excluding diaryl/α,β-unsaturated/α-hetero) is 1. The molecule has 0 amide bonds. The van der Waals surface area contributed by atoms with Gasteiger partial charge >= 0.3 is 0 Å². The molecule has 0 atom stereocenters. The molecule has 1 aromatic carbocycles. The number of carbonyl (C=O) groups excluding carboxylic acids is 2. The summed E-state index contributed by atoms with van der Waals surface area (Å²) in [6.45, 7) is 5.53. The number of rotatable bonds is 2. The van der Waals surface area contributed by atoms with Crippen molar-refractivity contribution in [3.05, 3.63) is 35.5 Å². The van der Waals surface area contributed by atoms with Gasteiger partial charge in [-0.3, -0.25) is 9.59 Å². The summed E-state index contributed by atoms with van der Waals surface area (Å²) in [4.78, 5) is 20.9. The summed E-state index contributed by atoms with van der Waals surface area (Å²) in [5.41, 5.74) is 3.18. The van der Waals surface area contributed by atoms with E-state index in [2.05, 4.69) is 27.6 Å². The normalized spacial score (nSPS) is 12.8. The summed E-state index contributed by atoms with van der Waals surface area (Å²) < 4.78 is 6.32. The number of aromatic nitrogens is 1. The Morgan fingerprint density at radius 3 is 2.84 bits per heavy atom. The van der Waals surface area contributed by atoms with Gasteiger partial charge in [0.25, 0.3) is 6.47 Å². The van der Waals surface area contributed by atoms with Gasteiger partial charge in [0.05, 0.1) is 12.1 Å². The predicted molar refractivity (Wildman–Crippen MR) is 73.3 cm³/mol. The fraction of sp³-hybridized carbons (Fsp3) is 0.333. The molecule has 2 heterocycles. The van der Waals surface area contributed by atoms with Crippen LogP contribution in [0.25, 0.3) is 10.9 Å². The van der Waals surface area contributed by atoms with Crippen molar-refractivity contribution in [2.75, 3.05) is 6.61 Å². The van der Waals surface area contributed by atoms with Gasteiger partial charge < -0.3 is 9.30 Å². The summed E-state index contributed by atoms with van der Waals surface area (Å²) in [7, 11) is 0. The van der Waals surface area contributed by atoms with E-state index in [0.717, 1.165) is 17.6 Å². The second-order valence-corrected chi connectivity index (χ2v) is 4.48. The van der Waals surface area contributed by atoms with Crippen LogP contribution < -0.4 is 0 Å². The summed E-state index contributed by atoms with van der Waals surface area (Å²) in [5.74, 6) is 0.282. The first kappa shape index (κ1) is 13.3. The number of ketones is 1. The lowest BCUT2D eigenvalue weighted by Crippen LogP contribution is -2.13. The molecule has 0 aliphatic carbocycles. The molecular weight excluding hydrogens is 242 g/mol. The van der Waals surface area contributed by atoms with E-state index in [1.54, 1.807) is 6.92 Å². The highest BCUT2D eigenvalue weighted by molar-refractivity contribution is 6.08. The first-order valence-electron chi connectivity index (χ1n) is 6.35. The highest BCUT2D eigenvalue weighted by Gasteiger charge is 2.18. The number of carbonyl (C=O) groups is 2. The maximum absolute atomic E-state index is 11.7. The van der Waals surface area contributed by atoms with Crippen LogP contribution in [0.15, 0.2) is 24.4 Å². The van der Waals surface area contributed by atoms with Crippen molar-refractivity contribution in [3.63, 3.8) is 0 Å². The molecule has 100 valence electrons. The monoisotopic (exact) mass is 259 g/mol. The fourth-order valence-corrected chi connectivity index (χ4v) is 2.32. The lowest BCUT2D eigenvalue weighted by Gasteiger charge is -2.15. The van der Waals surface area contributed by atoms with Gasteiger partial charge in [-0.25, -0.2) is 0 Å². The third kappa shape index (κ3) is 2.67. The lowest BCUT2D eigenvalue weighted by atomic mass is 10.00. The van der Waals surface area contributed by atoms with Gasteiger partial charge in [0.2, 0.25) is 0 Å². The molecule has 3 rings (SSSR count). The van der Waals surface area contributed by atoms with E-state index in [1.807, 2.05) is 13.0 Å². The van der Waals surface area contributed by atoms with E-state index in [9.17, 15) is 9.59 Å². The van der Waals surface area contributed by atoms with E-state index in [-0.39, 0.29) is 5.78 Å². The Morgan fingerprint density at radius 2 is 2.21 bits per heavy atom. The molecule has 0 saturated heterocycles. The average Bonchev–Trinajstić information content (AvgIpc) is 2.79. The van der Waals surface area contributed by atoms with Crippen LogP contribution in [0, 0.1) is 6.92 Å². The number of benzene rings is 1. The van der Waals surface area contributed by atoms with Crippen molar-refractivity contribution >= 4 is 23.2 Å². The van der Waals surface area contributed by atoms with Crippen molar-refractivity contribution in [1.29, 1.82) is 0 Å². The second-order valence-electron chi connectivity index (χ2n) is 4.48. The van der Waals surface area contributed by atoms with Crippen LogP contribution in [0.5, 0.6) is 0 Å². The van der Waals surface area contributed by atoms with Crippen LogP contribution in [-0.2, 0) is 16.1 Å². The fourth-order valence-electron chi connectivity index (χ4n) is 2.32. The SMILES string of the molecule is CCOC=O.Cc1cc2c3c(ccn3CCC2=O)c1. The molecule has 1 aliphatic heterocycles. The van der Waals surface area contributed by atoms with Gasteiger partial charge in [-0.2, -0.15) is 0 Å². The molecule has 1 aromatic heterocycles. The first-order valence-corrected chi connectivity index (χ1v) is 6.35. The van der Waals surface area contributed by atoms with E-state index >= 15 is 0 Å². The molecule has 0 saturated carbocycles. The Morgan fingerprint density at radius 1 is 1.42 bits per heavy atom. The van der Waals surface area contributed by atoms with Crippen LogP contribution in [-0.4, -0.2) is 23.4 Å². The largest absolute Gasteiger partial charge is 0.468 e. The van der Waals surface area contributed by atoms with E-state index in [4.69, 9.17) is 0 Å². The molecule has 0 radical (unpaired) electrons. The van der Waals surface area contributed by atoms with Crippen LogP contribution in [0.3, 0.4) is 0 Å². The van der Waals surface area contributed by atoms with Crippen molar-refractivity contribution < 1.29 is 14.3 Å². The van der Waals surface area contributed by atoms with Gasteiger partial charge in [-0.05, 0) is 37.6 Å². The first-order chi connectivity index (χ1) is 9.17. The zero-order valence-corrected chi connectivity index (χ0v) is 11.2. The van der Waals surface area contributed by atoms with Crippen LogP contribution >= 0.6 is 0 Å². The van der Waals surface area contributed by atoms with Crippen LogP contribution in [0.1, 0.15) is 29.3 Å². The van der Waals surface area contributed by atoms with Crippen molar-refractivity contribution in [2.24, 2.45) is 0 Å². The van der Waals surface area contributed by atoms with Gasteiger partial charge in [0.15, 0.2) is 5.78 Å². The maximum Gasteiger partial charge on any atom is 0.293 e. The van der Waals surface area contributed by atoms with Gasteiger partial charge in [0.1, 0.15) is 0 Å². The molecule has 4 nitrogen and oxygen atoms in total. The minimum atomic E-state index is 0.282. The third-order valence-corrected chi connectivity index (χ3v) is 3.12. The van der Waals surface area contributed by atoms with Crippen LogP contribution in [0.2, 0.25) is 0 Å². The lowest BCUT2D eigenvalue weighted by molar-refractivity contribution is -0.128. The summed E-state index contributed by atoms with van der Waals surface area (Å²) in [6.07, 6.45) is 2.71. The van der Waals surface area contributed by atoms with Crippen molar-refractivity contribution in [3.8, 4) is 0 Å². The summed E-state index contributed by atoms with van der Waals surface area (Å²) in [5, 5.41) is 1.19. The smallest absolute Gasteiger partial charge is 0.293 e. The predicted octanol–water partition coefficient (Wildman–Crippen LogP) is 2.72. The molecule has 0 spiro atoms. The summed E-state index contributed by atoms with van der Waals surface area (Å²) in [6, 6.07) is 6.22. The topological polar surface area (TPSA) is 48.3 Å². The zero-order valence-electron chi connectivity index (χ0n) is 11.2.